The molecule has 8 heteroatoms. The van der Waals surface area contributed by atoms with E-state index in [1.165, 1.54) is 19.1 Å². The predicted octanol–water partition coefficient (Wildman–Crippen LogP) is 3.01. The number of nitrogens with one attached hydrogen (secondary N) is 1. The molecule has 1 amide bonds. The van der Waals surface area contributed by atoms with Crippen LogP contribution in [0, 0.1) is 6.92 Å². The van der Waals surface area contributed by atoms with Crippen LogP contribution in [-0.2, 0) is 16.3 Å². The zero-order valence-electron chi connectivity index (χ0n) is 15.0. The molecule has 0 atom stereocenters. The van der Waals surface area contributed by atoms with Gasteiger partial charge in [0.2, 0.25) is 5.89 Å². The number of amides is 1. The number of anilines is 1. The van der Waals surface area contributed by atoms with Crippen molar-refractivity contribution in [2.24, 2.45) is 0 Å². The van der Waals surface area contributed by atoms with Crippen LogP contribution in [0.3, 0.4) is 0 Å². The summed E-state index contributed by atoms with van der Waals surface area (Å²) in [5.41, 5.74) is 2.19. The van der Waals surface area contributed by atoms with Gasteiger partial charge in [-0.3, -0.25) is 10.1 Å². The topological polar surface area (TPSA) is 102 Å². The van der Waals surface area contributed by atoms with Crippen LogP contribution < -0.4 is 5.32 Å². The summed E-state index contributed by atoms with van der Waals surface area (Å²) in [5, 5.41) is 10.2. The van der Waals surface area contributed by atoms with Gasteiger partial charge in [0.1, 0.15) is 0 Å². The van der Waals surface area contributed by atoms with Crippen molar-refractivity contribution >= 4 is 21.8 Å². The molecule has 0 saturated heterocycles. The summed E-state index contributed by atoms with van der Waals surface area (Å²) >= 11 is 0. The van der Waals surface area contributed by atoms with E-state index in [2.05, 4.69) is 15.5 Å². The smallest absolute Gasteiger partial charge is 0.322 e. The standard InChI is InChI=1S/C19H19N3O4S/c1-3-27(24,25)16-7-5-4-6-15(16)18(23)20-19-22-21-17(26-19)12-14-10-8-13(2)9-11-14/h4-11H,3,12H2,1-2H3,(H,20,22,23). The lowest BCUT2D eigenvalue weighted by atomic mass is 10.1. The molecule has 7 nitrogen and oxygen atoms in total. The lowest BCUT2D eigenvalue weighted by molar-refractivity contribution is 0.102. The van der Waals surface area contributed by atoms with E-state index in [9.17, 15) is 13.2 Å². The van der Waals surface area contributed by atoms with E-state index in [4.69, 9.17) is 4.42 Å². The summed E-state index contributed by atoms with van der Waals surface area (Å²) in [6, 6.07) is 13.8. The molecule has 0 saturated carbocycles. The molecule has 0 spiro atoms. The lowest BCUT2D eigenvalue weighted by Crippen LogP contribution is -2.17. The Morgan fingerprint density at radius 2 is 1.78 bits per heavy atom. The van der Waals surface area contributed by atoms with Crippen LogP contribution in [0.25, 0.3) is 0 Å². The number of carbonyl (C=O) groups is 1. The summed E-state index contributed by atoms with van der Waals surface area (Å²) in [7, 11) is -3.53. The fraction of sp³-hybridized carbons (Fsp3) is 0.211. The third-order valence-corrected chi connectivity index (χ3v) is 5.80. The van der Waals surface area contributed by atoms with E-state index < -0.39 is 15.7 Å². The molecule has 0 fully saturated rings. The summed E-state index contributed by atoms with van der Waals surface area (Å²) in [4.78, 5) is 12.5. The van der Waals surface area contributed by atoms with Crippen molar-refractivity contribution in [3.63, 3.8) is 0 Å². The molecule has 0 aliphatic carbocycles. The Morgan fingerprint density at radius 3 is 2.48 bits per heavy atom. The van der Waals surface area contributed by atoms with E-state index in [-0.39, 0.29) is 22.2 Å². The average Bonchev–Trinajstić information content (AvgIpc) is 3.10. The Kier molecular flexibility index (Phi) is 5.36. The molecule has 0 unspecified atom stereocenters. The maximum absolute atomic E-state index is 12.5. The highest BCUT2D eigenvalue weighted by Crippen LogP contribution is 2.19. The van der Waals surface area contributed by atoms with E-state index in [1.807, 2.05) is 31.2 Å². The third kappa shape index (κ3) is 4.40. The number of benzene rings is 2. The van der Waals surface area contributed by atoms with Crippen molar-refractivity contribution in [1.29, 1.82) is 0 Å². The minimum absolute atomic E-state index is 0.0237. The SMILES string of the molecule is CCS(=O)(=O)c1ccccc1C(=O)Nc1nnc(Cc2ccc(C)cc2)o1. The predicted molar refractivity (Wildman–Crippen MR) is 100 cm³/mol. The van der Waals surface area contributed by atoms with Crippen molar-refractivity contribution in [2.45, 2.75) is 25.2 Å². The van der Waals surface area contributed by atoms with Gasteiger partial charge < -0.3 is 4.42 Å². The maximum atomic E-state index is 12.5. The second kappa shape index (κ2) is 7.71. The average molecular weight is 385 g/mol. The first-order chi connectivity index (χ1) is 12.9. The highest BCUT2D eigenvalue weighted by Gasteiger charge is 2.21. The van der Waals surface area contributed by atoms with Crippen molar-refractivity contribution in [3.05, 3.63) is 71.1 Å². The van der Waals surface area contributed by atoms with Gasteiger partial charge in [-0.1, -0.05) is 54.0 Å². The molecule has 1 aromatic heterocycles. The molecular formula is C19H19N3O4S. The molecule has 2 aromatic carbocycles. The number of aromatic nitrogens is 2. The summed E-state index contributed by atoms with van der Waals surface area (Å²) in [6.45, 7) is 3.53. The highest BCUT2D eigenvalue weighted by molar-refractivity contribution is 7.91. The van der Waals surface area contributed by atoms with Gasteiger partial charge in [-0.25, -0.2) is 8.42 Å². The Hall–Kier alpha value is -3.00. The first kappa shape index (κ1) is 18.8. The fourth-order valence-electron chi connectivity index (χ4n) is 2.50. The van der Waals surface area contributed by atoms with Gasteiger partial charge >= 0.3 is 6.01 Å². The van der Waals surface area contributed by atoms with Gasteiger partial charge in [-0.05, 0) is 24.6 Å². The fourth-order valence-corrected chi connectivity index (χ4v) is 3.59. The molecule has 1 heterocycles. The van der Waals surface area contributed by atoms with Gasteiger partial charge in [0.05, 0.1) is 22.6 Å². The number of aryl methyl sites for hydroxylation is 1. The first-order valence-electron chi connectivity index (χ1n) is 8.40. The van der Waals surface area contributed by atoms with E-state index >= 15 is 0 Å². The molecule has 3 rings (SSSR count). The van der Waals surface area contributed by atoms with E-state index in [0.29, 0.717) is 12.3 Å². The van der Waals surface area contributed by atoms with Gasteiger partial charge in [-0.15, -0.1) is 5.10 Å². The second-order valence-corrected chi connectivity index (χ2v) is 8.26. The van der Waals surface area contributed by atoms with Crippen molar-refractivity contribution in [2.75, 3.05) is 11.1 Å². The van der Waals surface area contributed by atoms with Crippen molar-refractivity contribution in [1.82, 2.24) is 10.2 Å². The summed E-state index contributed by atoms with van der Waals surface area (Å²) in [5.74, 6) is -0.366. The Bertz CT molecular complexity index is 1060. The minimum atomic E-state index is -3.53. The van der Waals surface area contributed by atoms with Gasteiger partial charge in [0.15, 0.2) is 9.84 Å². The Morgan fingerprint density at radius 1 is 1.07 bits per heavy atom. The number of hydrogen-bond donors (Lipinski definition) is 1. The second-order valence-electron chi connectivity index (χ2n) is 6.02. The van der Waals surface area contributed by atoms with Crippen LogP contribution >= 0.6 is 0 Å². The Balaban J connectivity index is 1.76. The number of carbonyl (C=O) groups excluding carboxylic acids is 1. The normalized spacial score (nSPS) is 11.3. The molecule has 0 radical (unpaired) electrons. The van der Waals surface area contributed by atoms with Crippen LogP contribution in [0.4, 0.5) is 6.01 Å². The lowest BCUT2D eigenvalue weighted by Gasteiger charge is -2.07. The van der Waals surface area contributed by atoms with Crippen LogP contribution in [0.1, 0.15) is 34.3 Å². The molecule has 0 aliphatic heterocycles. The number of hydrogen-bond acceptors (Lipinski definition) is 6. The van der Waals surface area contributed by atoms with Gasteiger partial charge in [0, 0.05) is 0 Å². The molecule has 27 heavy (non-hydrogen) atoms. The van der Waals surface area contributed by atoms with Crippen LogP contribution in [0.2, 0.25) is 0 Å². The van der Waals surface area contributed by atoms with Crippen LogP contribution in [0.5, 0.6) is 0 Å². The first-order valence-corrected chi connectivity index (χ1v) is 10.1. The zero-order valence-corrected chi connectivity index (χ0v) is 15.8. The van der Waals surface area contributed by atoms with E-state index in [1.54, 1.807) is 12.1 Å². The monoisotopic (exact) mass is 385 g/mol. The van der Waals surface area contributed by atoms with Gasteiger partial charge in [0.25, 0.3) is 5.91 Å². The zero-order chi connectivity index (χ0) is 19.4. The summed E-state index contributed by atoms with van der Waals surface area (Å²) < 4.78 is 29.8. The number of sulfone groups is 1. The van der Waals surface area contributed by atoms with Crippen LogP contribution in [-0.4, -0.2) is 30.3 Å². The minimum Gasteiger partial charge on any atom is -0.407 e. The molecular weight excluding hydrogens is 366 g/mol. The molecule has 140 valence electrons. The van der Waals surface area contributed by atoms with Crippen LogP contribution in [0.15, 0.2) is 57.8 Å². The summed E-state index contributed by atoms with van der Waals surface area (Å²) in [6.07, 6.45) is 0.434. The van der Waals surface area contributed by atoms with Crippen molar-refractivity contribution in [3.8, 4) is 0 Å². The number of nitrogens with zero attached hydrogens (tertiary/aromatic N) is 2. The molecule has 0 aliphatic rings. The van der Waals surface area contributed by atoms with Gasteiger partial charge in [-0.2, -0.15) is 0 Å². The maximum Gasteiger partial charge on any atom is 0.322 e. The van der Waals surface area contributed by atoms with Crippen molar-refractivity contribution < 1.29 is 17.6 Å². The largest absolute Gasteiger partial charge is 0.407 e. The Labute approximate surface area is 157 Å². The number of rotatable bonds is 6. The molecule has 1 N–H and O–H groups in total. The highest BCUT2D eigenvalue weighted by atomic mass is 32.2. The quantitative estimate of drug-likeness (QED) is 0.700. The molecule has 0 bridgehead atoms. The molecule has 3 aromatic rings. The van der Waals surface area contributed by atoms with E-state index in [0.717, 1.165) is 11.1 Å². The third-order valence-electron chi connectivity index (χ3n) is 4.01.